The molecule has 1 aromatic carbocycles. The molecule has 106 valence electrons. The number of carbonyl (C=O) groups excluding carboxylic acids is 1. The van der Waals surface area contributed by atoms with Crippen LogP contribution in [0, 0.1) is 0 Å². The van der Waals surface area contributed by atoms with Gasteiger partial charge in [0.2, 0.25) is 5.91 Å². The lowest BCUT2D eigenvalue weighted by Crippen LogP contribution is -2.15. The van der Waals surface area contributed by atoms with Crippen molar-refractivity contribution in [1.82, 2.24) is 15.1 Å². The van der Waals surface area contributed by atoms with Crippen LogP contribution in [0.5, 0.6) is 0 Å². The molecule has 2 aromatic rings. The first-order valence-corrected chi connectivity index (χ1v) is 6.85. The van der Waals surface area contributed by atoms with E-state index in [2.05, 4.69) is 22.7 Å². The van der Waals surface area contributed by atoms with Gasteiger partial charge in [-0.05, 0) is 30.3 Å². The van der Waals surface area contributed by atoms with Crippen molar-refractivity contribution < 1.29 is 4.79 Å². The zero-order chi connectivity index (χ0) is 14.2. The number of rotatable bonds is 7. The van der Waals surface area contributed by atoms with Gasteiger partial charge in [-0.15, -0.1) is 0 Å². The molecule has 1 heterocycles. The summed E-state index contributed by atoms with van der Waals surface area (Å²) in [5.41, 5.74) is 2.00. The van der Waals surface area contributed by atoms with E-state index in [4.69, 9.17) is 0 Å². The fourth-order valence-electron chi connectivity index (χ4n) is 1.90. The maximum absolute atomic E-state index is 11.9. The number of amides is 1. The van der Waals surface area contributed by atoms with Crippen LogP contribution >= 0.6 is 0 Å². The summed E-state index contributed by atoms with van der Waals surface area (Å²) >= 11 is 0. The molecular weight excluding hydrogens is 252 g/mol. The van der Waals surface area contributed by atoms with Gasteiger partial charge < -0.3 is 10.6 Å². The molecular formula is C15H20N4O. The SMILES string of the molecule is CCNCc1cccc(NC(=O)CCn2cccn2)c1. The van der Waals surface area contributed by atoms with Gasteiger partial charge in [0.05, 0.1) is 0 Å². The number of anilines is 1. The van der Waals surface area contributed by atoms with Crippen LogP contribution in [-0.2, 0) is 17.9 Å². The monoisotopic (exact) mass is 272 g/mol. The number of carbonyl (C=O) groups is 1. The van der Waals surface area contributed by atoms with E-state index < -0.39 is 0 Å². The van der Waals surface area contributed by atoms with Crippen molar-refractivity contribution in [3.05, 3.63) is 48.3 Å². The molecule has 0 aliphatic rings. The molecule has 2 rings (SSSR count). The van der Waals surface area contributed by atoms with Crippen molar-refractivity contribution in [2.24, 2.45) is 0 Å². The van der Waals surface area contributed by atoms with Crippen LogP contribution in [0.2, 0.25) is 0 Å². The van der Waals surface area contributed by atoms with Crippen LogP contribution in [0.15, 0.2) is 42.7 Å². The van der Waals surface area contributed by atoms with Gasteiger partial charge in [0.1, 0.15) is 0 Å². The number of aromatic nitrogens is 2. The van der Waals surface area contributed by atoms with E-state index in [0.29, 0.717) is 13.0 Å². The Balaban J connectivity index is 1.84. The third-order valence-corrected chi connectivity index (χ3v) is 2.92. The maximum Gasteiger partial charge on any atom is 0.226 e. The molecule has 0 aliphatic heterocycles. The van der Waals surface area contributed by atoms with Gasteiger partial charge in [-0.1, -0.05) is 19.1 Å². The Kier molecular flexibility index (Phi) is 5.32. The van der Waals surface area contributed by atoms with Crippen LogP contribution in [0.25, 0.3) is 0 Å². The van der Waals surface area contributed by atoms with Gasteiger partial charge in [-0.25, -0.2) is 0 Å². The van der Waals surface area contributed by atoms with E-state index in [9.17, 15) is 4.79 Å². The van der Waals surface area contributed by atoms with Gasteiger partial charge in [0, 0.05) is 37.6 Å². The number of hydrogen-bond acceptors (Lipinski definition) is 3. The van der Waals surface area contributed by atoms with Crippen molar-refractivity contribution in [2.45, 2.75) is 26.4 Å². The molecule has 20 heavy (non-hydrogen) atoms. The number of nitrogens with one attached hydrogen (secondary N) is 2. The number of hydrogen-bond donors (Lipinski definition) is 2. The summed E-state index contributed by atoms with van der Waals surface area (Å²) in [5.74, 6) is 0.00102. The van der Waals surface area contributed by atoms with Crippen LogP contribution in [0.4, 0.5) is 5.69 Å². The first-order chi connectivity index (χ1) is 9.78. The van der Waals surface area contributed by atoms with E-state index >= 15 is 0 Å². The number of benzene rings is 1. The first-order valence-electron chi connectivity index (χ1n) is 6.85. The number of nitrogens with zero attached hydrogens (tertiary/aromatic N) is 2. The predicted octanol–water partition coefficient (Wildman–Crippen LogP) is 2.02. The average molecular weight is 272 g/mol. The van der Waals surface area contributed by atoms with Crippen molar-refractivity contribution in [3.8, 4) is 0 Å². The van der Waals surface area contributed by atoms with E-state index in [0.717, 1.165) is 24.3 Å². The summed E-state index contributed by atoms with van der Waals surface area (Å²) in [6.07, 6.45) is 3.98. The minimum absolute atomic E-state index is 0.00102. The number of aryl methyl sites for hydroxylation is 1. The summed E-state index contributed by atoms with van der Waals surface area (Å²) in [6, 6.07) is 9.75. The molecule has 5 heteroatoms. The van der Waals surface area contributed by atoms with E-state index in [1.165, 1.54) is 0 Å². The Morgan fingerprint density at radius 1 is 1.35 bits per heavy atom. The minimum Gasteiger partial charge on any atom is -0.326 e. The Labute approximate surface area is 119 Å². The lowest BCUT2D eigenvalue weighted by Gasteiger charge is -2.08. The highest BCUT2D eigenvalue weighted by molar-refractivity contribution is 5.90. The fourth-order valence-corrected chi connectivity index (χ4v) is 1.90. The smallest absolute Gasteiger partial charge is 0.226 e. The van der Waals surface area contributed by atoms with Gasteiger partial charge in [0.15, 0.2) is 0 Å². The fraction of sp³-hybridized carbons (Fsp3) is 0.333. The zero-order valence-corrected chi connectivity index (χ0v) is 11.7. The molecule has 0 aliphatic carbocycles. The first kappa shape index (κ1) is 14.3. The standard InChI is InChI=1S/C15H20N4O/c1-2-16-12-13-5-3-6-14(11-13)18-15(20)7-10-19-9-4-8-17-19/h3-6,8-9,11,16H,2,7,10,12H2,1H3,(H,18,20). The Hall–Kier alpha value is -2.14. The maximum atomic E-state index is 11.9. The summed E-state index contributed by atoms with van der Waals surface area (Å²) < 4.78 is 1.75. The Morgan fingerprint density at radius 2 is 2.25 bits per heavy atom. The van der Waals surface area contributed by atoms with Crippen LogP contribution in [0.1, 0.15) is 18.9 Å². The third-order valence-electron chi connectivity index (χ3n) is 2.92. The molecule has 0 saturated carbocycles. The second-order valence-corrected chi connectivity index (χ2v) is 4.55. The molecule has 0 saturated heterocycles. The van der Waals surface area contributed by atoms with Crippen LogP contribution in [0.3, 0.4) is 0 Å². The highest BCUT2D eigenvalue weighted by Gasteiger charge is 2.03. The highest BCUT2D eigenvalue weighted by atomic mass is 16.1. The molecule has 1 amide bonds. The van der Waals surface area contributed by atoms with Crippen molar-refractivity contribution in [3.63, 3.8) is 0 Å². The largest absolute Gasteiger partial charge is 0.326 e. The quantitative estimate of drug-likeness (QED) is 0.810. The average Bonchev–Trinajstić information content (AvgIpc) is 2.97. The topological polar surface area (TPSA) is 58.9 Å². The van der Waals surface area contributed by atoms with E-state index in [-0.39, 0.29) is 5.91 Å². The van der Waals surface area contributed by atoms with Gasteiger partial charge in [0.25, 0.3) is 0 Å². The van der Waals surface area contributed by atoms with E-state index in [1.807, 2.05) is 36.5 Å². The highest BCUT2D eigenvalue weighted by Crippen LogP contribution is 2.11. The zero-order valence-electron chi connectivity index (χ0n) is 11.7. The van der Waals surface area contributed by atoms with Crippen LogP contribution in [-0.4, -0.2) is 22.2 Å². The van der Waals surface area contributed by atoms with Crippen molar-refractivity contribution in [1.29, 1.82) is 0 Å². The second kappa shape index (κ2) is 7.45. The molecule has 0 spiro atoms. The minimum atomic E-state index is 0.00102. The third kappa shape index (κ3) is 4.51. The van der Waals surface area contributed by atoms with E-state index in [1.54, 1.807) is 10.9 Å². The molecule has 0 radical (unpaired) electrons. The molecule has 5 nitrogen and oxygen atoms in total. The summed E-state index contributed by atoms with van der Waals surface area (Å²) in [4.78, 5) is 11.9. The lowest BCUT2D eigenvalue weighted by atomic mass is 10.2. The Morgan fingerprint density at radius 3 is 3.00 bits per heavy atom. The lowest BCUT2D eigenvalue weighted by molar-refractivity contribution is -0.116. The molecule has 0 fully saturated rings. The summed E-state index contributed by atoms with van der Waals surface area (Å²) in [5, 5.41) is 10.2. The van der Waals surface area contributed by atoms with Gasteiger partial charge in [-0.2, -0.15) is 5.10 Å². The second-order valence-electron chi connectivity index (χ2n) is 4.55. The van der Waals surface area contributed by atoms with Crippen molar-refractivity contribution >= 4 is 11.6 Å². The van der Waals surface area contributed by atoms with Gasteiger partial charge in [-0.3, -0.25) is 9.48 Å². The molecule has 0 unspecified atom stereocenters. The van der Waals surface area contributed by atoms with Crippen LogP contribution < -0.4 is 10.6 Å². The summed E-state index contributed by atoms with van der Waals surface area (Å²) in [7, 11) is 0. The molecule has 2 N–H and O–H groups in total. The molecule has 0 atom stereocenters. The van der Waals surface area contributed by atoms with Gasteiger partial charge >= 0.3 is 0 Å². The summed E-state index contributed by atoms with van der Waals surface area (Å²) in [6.45, 7) is 4.41. The molecule has 1 aromatic heterocycles. The Bertz CT molecular complexity index is 537. The normalized spacial score (nSPS) is 10.4. The van der Waals surface area contributed by atoms with Crippen molar-refractivity contribution in [2.75, 3.05) is 11.9 Å². The molecule has 0 bridgehead atoms. The predicted molar refractivity (Wildman–Crippen MR) is 79.3 cm³/mol.